The Kier molecular flexibility index (Phi) is 7.43. The molecule has 186 valence electrons. The smallest absolute Gasteiger partial charge is 0.407 e. The van der Waals surface area contributed by atoms with Crippen LogP contribution in [0.15, 0.2) is 48.5 Å². The highest BCUT2D eigenvalue weighted by Crippen LogP contribution is 2.44. The van der Waals surface area contributed by atoms with E-state index in [0.29, 0.717) is 25.2 Å². The van der Waals surface area contributed by atoms with Crippen molar-refractivity contribution < 1.29 is 24.2 Å². The average Bonchev–Trinajstić information content (AvgIpc) is 3.64. The SMILES string of the molecule is CCC(CC)(NC(=O)C(CNC(=O)OCC1c2ccccc2-c2ccccc21)CC1CC1)C(=O)O. The van der Waals surface area contributed by atoms with Gasteiger partial charge in [-0.15, -0.1) is 0 Å². The quantitative estimate of drug-likeness (QED) is 0.434. The number of carbonyl (C=O) groups excluding carboxylic acids is 2. The number of alkyl carbamates (subject to hydrolysis) is 1. The van der Waals surface area contributed by atoms with Crippen LogP contribution in [0.4, 0.5) is 4.79 Å². The van der Waals surface area contributed by atoms with E-state index in [1.165, 1.54) is 0 Å². The second kappa shape index (κ2) is 10.5. The van der Waals surface area contributed by atoms with E-state index >= 15 is 0 Å². The van der Waals surface area contributed by atoms with Gasteiger partial charge in [0.25, 0.3) is 0 Å². The first kappa shape index (κ1) is 24.8. The van der Waals surface area contributed by atoms with Crippen molar-refractivity contribution in [3.63, 3.8) is 0 Å². The average molecular weight is 479 g/mol. The summed E-state index contributed by atoms with van der Waals surface area (Å²) in [6.07, 6.45) is 2.75. The van der Waals surface area contributed by atoms with Gasteiger partial charge in [-0.3, -0.25) is 4.79 Å². The number of carboxylic acid groups (broad SMARTS) is 1. The van der Waals surface area contributed by atoms with Crippen molar-refractivity contribution in [1.82, 2.24) is 10.6 Å². The van der Waals surface area contributed by atoms with Crippen LogP contribution in [0.2, 0.25) is 0 Å². The van der Waals surface area contributed by atoms with Crippen LogP contribution in [-0.2, 0) is 14.3 Å². The van der Waals surface area contributed by atoms with Crippen LogP contribution in [-0.4, -0.2) is 41.8 Å². The van der Waals surface area contributed by atoms with Gasteiger partial charge in [0.05, 0.1) is 5.92 Å². The summed E-state index contributed by atoms with van der Waals surface area (Å²) < 4.78 is 5.60. The van der Waals surface area contributed by atoms with Gasteiger partial charge < -0.3 is 20.5 Å². The summed E-state index contributed by atoms with van der Waals surface area (Å²) in [4.78, 5) is 37.5. The molecule has 2 aliphatic carbocycles. The van der Waals surface area contributed by atoms with Gasteiger partial charge >= 0.3 is 12.1 Å². The Morgan fingerprint density at radius 1 is 1.00 bits per heavy atom. The fourth-order valence-corrected chi connectivity index (χ4v) is 5.02. The first-order valence-corrected chi connectivity index (χ1v) is 12.5. The number of aliphatic carboxylic acids is 1. The molecule has 1 saturated carbocycles. The zero-order chi connectivity index (χ0) is 25.0. The monoisotopic (exact) mass is 478 g/mol. The Morgan fingerprint density at radius 2 is 1.57 bits per heavy atom. The number of nitrogens with one attached hydrogen (secondary N) is 2. The molecule has 0 bridgehead atoms. The summed E-state index contributed by atoms with van der Waals surface area (Å²) in [5, 5.41) is 15.2. The van der Waals surface area contributed by atoms with Gasteiger partial charge in [-0.2, -0.15) is 0 Å². The molecule has 2 amide bonds. The van der Waals surface area contributed by atoms with Crippen molar-refractivity contribution in [2.75, 3.05) is 13.2 Å². The topological polar surface area (TPSA) is 105 Å². The van der Waals surface area contributed by atoms with Crippen LogP contribution >= 0.6 is 0 Å². The molecular formula is C28H34N2O5. The Labute approximate surface area is 206 Å². The Morgan fingerprint density at radius 3 is 2.09 bits per heavy atom. The molecule has 0 radical (unpaired) electrons. The van der Waals surface area contributed by atoms with Crippen molar-refractivity contribution in [1.29, 1.82) is 0 Å². The molecule has 0 heterocycles. The largest absolute Gasteiger partial charge is 0.480 e. The third-order valence-electron chi connectivity index (χ3n) is 7.50. The minimum Gasteiger partial charge on any atom is -0.480 e. The molecule has 7 heteroatoms. The number of hydrogen-bond donors (Lipinski definition) is 3. The lowest BCUT2D eigenvalue weighted by Gasteiger charge is -2.30. The van der Waals surface area contributed by atoms with Crippen LogP contribution in [0.25, 0.3) is 11.1 Å². The van der Waals surface area contributed by atoms with Crippen LogP contribution in [0.1, 0.15) is 63.0 Å². The van der Waals surface area contributed by atoms with Crippen molar-refractivity contribution in [2.45, 2.75) is 57.4 Å². The van der Waals surface area contributed by atoms with Crippen LogP contribution in [0.5, 0.6) is 0 Å². The number of fused-ring (bicyclic) bond motifs is 3. The van der Waals surface area contributed by atoms with Gasteiger partial charge in [0.2, 0.25) is 5.91 Å². The highest BCUT2D eigenvalue weighted by molar-refractivity contribution is 5.88. The molecule has 1 unspecified atom stereocenters. The van der Waals surface area contributed by atoms with E-state index < -0.39 is 23.5 Å². The maximum absolute atomic E-state index is 13.0. The lowest BCUT2D eigenvalue weighted by molar-refractivity contribution is -0.148. The lowest BCUT2D eigenvalue weighted by Crippen LogP contribution is -2.56. The van der Waals surface area contributed by atoms with Gasteiger partial charge in [0, 0.05) is 12.5 Å². The molecular weight excluding hydrogens is 444 g/mol. The molecule has 0 aliphatic heterocycles. The fraction of sp³-hybridized carbons (Fsp3) is 0.464. The molecule has 3 N–H and O–H groups in total. The van der Waals surface area contributed by atoms with E-state index in [2.05, 4.69) is 34.9 Å². The summed E-state index contributed by atoms with van der Waals surface area (Å²) in [5.41, 5.74) is 3.30. The molecule has 4 rings (SSSR count). The normalized spacial score (nSPS) is 15.6. The minimum atomic E-state index is -1.29. The third kappa shape index (κ3) is 5.34. The van der Waals surface area contributed by atoms with Gasteiger partial charge in [0.15, 0.2) is 0 Å². The highest BCUT2D eigenvalue weighted by Gasteiger charge is 2.39. The Hall–Kier alpha value is -3.35. The Balaban J connectivity index is 1.37. The number of carbonyl (C=O) groups is 3. The second-order valence-corrected chi connectivity index (χ2v) is 9.67. The standard InChI is InChI=1S/C28H34N2O5/c1-3-28(4-2,26(32)33)30-25(31)19(15-18-13-14-18)16-29-27(34)35-17-24-22-11-7-5-9-20(22)21-10-6-8-12-23(21)24/h5-12,18-19,24H,3-4,13-17H2,1-2H3,(H,29,34)(H,30,31)(H,32,33). The second-order valence-electron chi connectivity index (χ2n) is 9.67. The van der Waals surface area contributed by atoms with Crippen LogP contribution < -0.4 is 10.6 Å². The molecule has 35 heavy (non-hydrogen) atoms. The molecule has 7 nitrogen and oxygen atoms in total. The summed E-state index contributed by atoms with van der Waals surface area (Å²) in [7, 11) is 0. The zero-order valence-electron chi connectivity index (χ0n) is 20.4. The van der Waals surface area contributed by atoms with Gasteiger partial charge in [-0.05, 0) is 47.4 Å². The van der Waals surface area contributed by atoms with Crippen molar-refractivity contribution in [3.05, 3.63) is 59.7 Å². The number of hydrogen-bond acceptors (Lipinski definition) is 4. The van der Waals surface area contributed by atoms with Crippen molar-refractivity contribution in [2.24, 2.45) is 11.8 Å². The van der Waals surface area contributed by atoms with E-state index in [1.54, 1.807) is 13.8 Å². The van der Waals surface area contributed by atoms with E-state index in [9.17, 15) is 19.5 Å². The van der Waals surface area contributed by atoms with Crippen LogP contribution in [0.3, 0.4) is 0 Å². The van der Waals surface area contributed by atoms with E-state index in [4.69, 9.17) is 4.74 Å². The molecule has 2 aromatic carbocycles. The summed E-state index contributed by atoms with van der Waals surface area (Å²) >= 11 is 0. The fourth-order valence-electron chi connectivity index (χ4n) is 5.02. The number of carboxylic acids is 1. The van der Waals surface area contributed by atoms with Crippen LogP contribution in [0, 0.1) is 11.8 Å². The van der Waals surface area contributed by atoms with E-state index in [1.807, 2.05) is 24.3 Å². The predicted octanol–water partition coefficient (Wildman–Crippen LogP) is 4.70. The number of ether oxygens (including phenoxy) is 1. The van der Waals surface area contributed by atoms with E-state index in [-0.39, 0.29) is 25.0 Å². The summed E-state index contributed by atoms with van der Waals surface area (Å²) in [6, 6.07) is 16.3. The lowest BCUT2D eigenvalue weighted by atomic mass is 9.91. The maximum Gasteiger partial charge on any atom is 0.407 e. The molecule has 1 atom stereocenters. The molecule has 0 spiro atoms. The third-order valence-corrected chi connectivity index (χ3v) is 7.50. The summed E-state index contributed by atoms with van der Waals surface area (Å²) in [5.74, 6) is -1.46. The van der Waals surface area contributed by atoms with Gasteiger partial charge in [-0.25, -0.2) is 9.59 Å². The Bertz CT molecular complexity index is 1040. The first-order valence-electron chi connectivity index (χ1n) is 12.5. The van der Waals surface area contributed by atoms with E-state index in [0.717, 1.165) is 35.1 Å². The summed E-state index contributed by atoms with van der Waals surface area (Å²) in [6.45, 7) is 3.82. The zero-order valence-corrected chi connectivity index (χ0v) is 20.4. The molecule has 2 aliphatic rings. The highest BCUT2D eigenvalue weighted by atomic mass is 16.5. The molecule has 0 aromatic heterocycles. The number of benzene rings is 2. The first-order chi connectivity index (χ1) is 16.9. The van der Waals surface area contributed by atoms with Gasteiger partial charge in [-0.1, -0.05) is 75.2 Å². The molecule has 0 saturated heterocycles. The van der Waals surface area contributed by atoms with Crippen molar-refractivity contribution in [3.8, 4) is 11.1 Å². The maximum atomic E-state index is 13.0. The number of rotatable bonds is 11. The predicted molar refractivity (Wildman–Crippen MR) is 133 cm³/mol. The van der Waals surface area contributed by atoms with Crippen molar-refractivity contribution >= 4 is 18.0 Å². The molecule has 1 fully saturated rings. The molecule has 2 aromatic rings. The van der Waals surface area contributed by atoms with Gasteiger partial charge in [0.1, 0.15) is 12.1 Å². The number of amides is 2. The minimum absolute atomic E-state index is 0.0380.